The molecule has 0 bridgehead atoms. The molecule has 2 aliphatic heterocycles. The lowest BCUT2D eigenvalue weighted by Gasteiger charge is -2.32. The van der Waals surface area contributed by atoms with Gasteiger partial charge < -0.3 is 15.0 Å². The smallest absolute Gasteiger partial charge is 0.319 e. The number of nitrogens with zero attached hydrogens (tertiary/aromatic N) is 5. The van der Waals surface area contributed by atoms with Gasteiger partial charge in [0.1, 0.15) is 12.4 Å². The van der Waals surface area contributed by atoms with Crippen LogP contribution in [0.3, 0.4) is 0 Å². The van der Waals surface area contributed by atoms with Gasteiger partial charge in [0.2, 0.25) is 0 Å². The van der Waals surface area contributed by atoms with Crippen molar-refractivity contribution in [1.82, 2.24) is 24.7 Å². The molecule has 0 spiro atoms. The molecule has 1 unspecified atom stereocenters. The Balaban J connectivity index is 1.63. The highest BCUT2D eigenvalue weighted by Gasteiger charge is 2.30. The Kier molecular flexibility index (Phi) is 6.19. The van der Waals surface area contributed by atoms with E-state index in [1.54, 1.807) is 0 Å². The van der Waals surface area contributed by atoms with Crippen molar-refractivity contribution < 1.29 is 13.5 Å². The molecule has 0 amide bonds. The Morgan fingerprint density at radius 3 is 2.92 bits per heavy atom. The average molecular weight is 356 g/mol. The molecule has 1 N–H and O–H groups in total. The van der Waals surface area contributed by atoms with Gasteiger partial charge in [-0.25, -0.2) is 9.98 Å². The van der Waals surface area contributed by atoms with Gasteiger partial charge in [-0.2, -0.15) is 8.78 Å². The van der Waals surface area contributed by atoms with Crippen molar-refractivity contribution in [3.8, 4) is 0 Å². The predicted octanol–water partition coefficient (Wildman–Crippen LogP) is 1.15. The van der Waals surface area contributed by atoms with Crippen molar-refractivity contribution in [2.75, 3.05) is 45.9 Å². The normalized spacial score (nSPS) is 22.8. The number of aromatic nitrogens is 2. The summed E-state index contributed by atoms with van der Waals surface area (Å²) in [7, 11) is 0. The van der Waals surface area contributed by atoms with Crippen LogP contribution in [0.25, 0.3) is 0 Å². The molecule has 0 aliphatic carbocycles. The lowest BCUT2D eigenvalue weighted by Crippen LogP contribution is -2.46. The molecule has 1 aromatic rings. The first kappa shape index (κ1) is 18.1. The molecule has 140 valence electrons. The number of guanidine groups is 1. The molecule has 3 heterocycles. The van der Waals surface area contributed by atoms with E-state index in [4.69, 9.17) is 4.74 Å². The largest absolute Gasteiger partial charge is 0.379 e. The number of halogens is 2. The first-order valence-corrected chi connectivity index (χ1v) is 8.84. The van der Waals surface area contributed by atoms with Gasteiger partial charge in [-0.05, 0) is 13.3 Å². The monoisotopic (exact) mass is 356 g/mol. The van der Waals surface area contributed by atoms with Gasteiger partial charge in [0.05, 0.1) is 13.2 Å². The summed E-state index contributed by atoms with van der Waals surface area (Å²) in [5, 5.41) is 3.27. The number of imidazole rings is 1. The second kappa shape index (κ2) is 8.57. The zero-order valence-electron chi connectivity index (χ0n) is 14.6. The molecule has 0 radical (unpaired) electrons. The number of likely N-dealkylation sites (tertiary alicyclic amines) is 1. The highest BCUT2D eigenvalue weighted by Crippen LogP contribution is 2.18. The molecule has 0 aromatic carbocycles. The van der Waals surface area contributed by atoms with Gasteiger partial charge in [-0.15, -0.1) is 0 Å². The van der Waals surface area contributed by atoms with Crippen molar-refractivity contribution in [3.63, 3.8) is 0 Å². The summed E-state index contributed by atoms with van der Waals surface area (Å²) < 4.78 is 32.1. The van der Waals surface area contributed by atoms with Crippen LogP contribution in [-0.2, 0) is 11.3 Å². The summed E-state index contributed by atoms with van der Waals surface area (Å²) >= 11 is 0. The molecule has 25 heavy (non-hydrogen) atoms. The van der Waals surface area contributed by atoms with Gasteiger partial charge in [0, 0.05) is 51.2 Å². The van der Waals surface area contributed by atoms with E-state index in [9.17, 15) is 8.78 Å². The fraction of sp³-hybridized carbons (Fsp3) is 0.750. The van der Waals surface area contributed by atoms with Crippen molar-refractivity contribution >= 4 is 5.96 Å². The van der Waals surface area contributed by atoms with E-state index in [1.165, 1.54) is 12.4 Å². The third-order valence-corrected chi connectivity index (χ3v) is 4.69. The zero-order chi connectivity index (χ0) is 17.6. The number of aliphatic imine (C=N–C) groups is 1. The second-order valence-electron chi connectivity index (χ2n) is 6.24. The van der Waals surface area contributed by atoms with Crippen molar-refractivity contribution in [1.29, 1.82) is 0 Å². The molecule has 2 aliphatic rings. The van der Waals surface area contributed by atoms with E-state index in [1.807, 2.05) is 6.92 Å². The number of hydrogen-bond donors (Lipinski definition) is 1. The number of rotatable bonds is 5. The number of ether oxygens (including phenoxy) is 1. The van der Waals surface area contributed by atoms with Crippen LogP contribution in [0.4, 0.5) is 8.78 Å². The summed E-state index contributed by atoms with van der Waals surface area (Å²) in [5.41, 5.74) is 0. The summed E-state index contributed by atoms with van der Waals surface area (Å²) in [5.74, 6) is 1.04. The van der Waals surface area contributed by atoms with Crippen LogP contribution in [0, 0.1) is 0 Å². The molecule has 1 atom stereocenters. The average Bonchev–Trinajstić information content (AvgIpc) is 3.29. The van der Waals surface area contributed by atoms with Crippen LogP contribution in [0.1, 0.15) is 25.7 Å². The standard InChI is InChI=1S/C16H26F2N6O/c1-2-19-16(21-11-14-20-4-6-24(14)15(17)18)23-5-3-13(12-23)22-7-9-25-10-8-22/h4,6,13,15H,2-3,5,7-12H2,1H3,(H,19,21). The first-order chi connectivity index (χ1) is 12.2. The lowest BCUT2D eigenvalue weighted by molar-refractivity contribution is 0.0195. The molecular formula is C16H26F2N6O. The van der Waals surface area contributed by atoms with Crippen LogP contribution in [-0.4, -0.2) is 77.3 Å². The maximum atomic E-state index is 12.9. The van der Waals surface area contributed by atoms with Crippen molar-refractivity contribution in [2.45, 2.75) is 32.5 Å². The second-order valence-corrected chi connectivity index (χ2v) is 6.24. The number of alkyl halides is 2. The minimum atomic E-state index is -2.59. The van der Waals surface area contributed by atoms with Gasteiger partial charge in [-0.1, -0.05) is 0 Å². The van der Waals surface area contributed by atoms with Crippen molar-refractivity contribution in [3.05, 3.63) is 18.2 Å². The molecule has 2 saturated heterocycles. The van der Waals surface area contributed by atoms with E-state index >= 15 is 0 Å². The Hall–Kier alpha value is -1.74. The number of hydrogen-bond acceptors (Lipinski definition) is 4. The Bertz CT molecular complexity index is 573. The van der Waals surface area contributed by atoms with Gasteiger partial charge in [-0.3, -0.25) is 9.47 Å². The predicted molar refractivity (Wildman–Crippen MR) is 90.7 cm³/mol. The lowest BCUT2D eigenvalue weighted by atomic mass is 10.2. The Morgan fingerprint density at radius 2 is 2.20 bits per heavy atom. The summed E-state index contributed by atoms with van der Waals surface area (Å²) in [6, 6.07) is 0.496. The van der Waals surface area contributed by atoms with E-state index in [-0.39, 0.29) is 12.4 Å². The van der Waals surface area contributed by atoms with Crippen LogP contribution >= 0.6 is 0 Å². The summed E-state index contributed by atoms with van der Waals surface area (Å²) in [6.45, 7) is 5.63. The zero-order valence-corrected chi connectivity index (χ0v) is 14.6. The van der Waals surface area contributed by atoms with Crippen LogP contribution in [0.5, 0.6) is 0 Å². The molecule has 2 fully saturated rings. The Labute approximate surface area is 146 Å². The third-order valence-electron chi connectivity index (χ3n) is 4.69. The number of nitrogens with one attached hydrogen (secondary N) is 1. The van der Waals surface area contributed by atoms with Gasteiger partial charge in [0.25, 0.3) is 0 Å². The minimum absolute atomic E-state index is 0.137. The fourth-order valence-corrected chi connectivity index (χ4v) is 3.39. The highest BCUT2D eigenvalue weighted by atomic mass is 19.3. The summed E-state index contributed by atoms with van der Waals surface area (Å²) in [6.07, 6.45) is 3.75. The van der Waals surface area contributed by atoms with Gasteiger partial charge in [0.15, 0.2) is 5.96 Å². The van der Waals surface area contributed by atoms with E-state index in [0.717, 1.165) is 62.9 Å². The van der Waals surface area contributed by atoms with E-state index in [0.29, 0.717) is 6.04 Å². The molecule has 0 saturated carbocycles. The molecule has 7 nitrogen and oxygen atoms in total. The molecule has 3 rings (SSSR count). The van der Waals surface area contributed by atoms with Gasteiger partial charge >= 0.3 is 6.55 Å². The number of morpholine rings is 1. The maximum Gasteiger partial charge on any atom is 0.319 e. The topological polar surface area (TPSA) is 57.9 Å². The van der Waals surface area contributed by atoms with Crippen LogP contribution in [0.15, 0.2) is 17.4 Å². The summed E-state index contributed by atoms with van der Waals surface area (Å²) in [4.78, 5) is 13.2. The first-order valence-electron chi connectivity index (χ1n) is 8.84. The van der Waals surface area contributed by atoms with Crippen LogP contribution in [0.2, 0.25) is 0 Å². The van der Waals surface area contributed by atoms with E-state index < -0.39 is 6.55 Å². The molecular weight excluding hydrogens is 330 g/mol. The minimum Gasteiger partial charge on any atom is -0.379 e. The van der Waals surface area contributed by atoms with Crippen molar-refractivity contribution in [2.24, 2.45) is 4.99 Å². The SMILES string of the molecule is CCNC(=NCc1nccn1C(F)F)N1CCC(N2CCOCC2)C1. The quantitative estimate of drug-likeness (QED) is 0.634. The van der Waals surface area contributed by atoms with Crippen LogP contribution < -0.4 is 5.32 Å². The molecule has 9 heteroatoms. The molecule has 1 aromatic heterocycles. The maximum absolute atomic E-state index is 12.9. The highest BCUT2D eigenvalue weighted by molar-refractivity contribution is 5.80. The Morgan fingerprint density at radius 1 is 1.40 bits per heavy atom. The van der Waals surface area contributed by atoms with E-state index in [2.05, 4.69) is 25.1 Å². The third kappa shape index (κ3) is 4.46. The fourth-order valence-electron chi connectivity index (χ4n) is 3.39.